The number of para-hydroxylation sites is 1. The maximum atomic E-state index is 10.2. The van der Waals surface area contributed by atoms with E-state index in [0.717, 1.165) is 24.5 Å². The monoisotopic (exact) mass is 279 g/mol. The van der Waals surface area contributed by atoms with Gasteiger partial charge in [0.15, 0.2) is 0 Å². The molecule has 1 aliphatic heterocycles. The Bertz CT molecular complexity index is 424. The summed E-state index contributed by atoms with van der Waals surface area (Å²) in [7, 11) is 0. The molecule has 20 heavy (non-hydrogen) atoms. The Hall–Kier alpha value is -1.10. The lowest BCUT2D eigenvalue weighted by molar-refractivity contribution is -0.0650. The summed E-state index contributed by atoms with van der Waals surface area (Å²) in [5, 5.41) is 10.2. The second kappa shape index (κ2) is 7.07. The number of ether oxygens (including phenoxy) is 2. The number of aliphatic hydroxyl groups excluding tert-OH is 1. The van der Waals surface area contributed by atoms with Crippen molar-refractivity contribution in [1.29, 1.82) is 0 Å². The Morgan fingerprint density at radius 1 is 1.40 bits per heavy atom. The molecule has 4 nitrogen and oxygen atoms in total. The second-order valence-electron chi connectivity index (χ2n) is 5.68. The van der Waals surface area contributed by atoms with Crippen LogP contribution >= 0.6 is 0 Å². The van der Waals surface area contributed by atoms with Crippen molar-refractivity contribution in [2.75, 3.05) is 26.3 Å². The molecule has 112 valence electrons. The zero-order valence-electron chi connectivity index (χ0n) is 12.6. The lowest BCUT2D eigenvalue weighted by Gasteiger charge is -2.37. The average molecular weight is 279 g/mol. The summed E-state index contributed by atoms with van der Waals surface area (Å²) in [6.45, 7) is 8.74. The van der Waals surface area contributed by atoms with Crippen LogP contribution in [0.2, 0.25) is 0 Å². The van der Waals surface area contributed by atoms with E-state index >= 15 is 0 Å². The first-order valence-corrected chi connectivity index (χ1v) is 7.28. The van der Waals surface area contributed by atoms with Gasteiger partial charge in [-0.3, -0.25) is 4.90 Å². The molecule has 0 amide bonds. The fourth-order valence-electron chi connectivity index (χ4n) is 2.45. The topological polar surface area (TPSA) is 41.9 Å². The predicted molar refractivity (Wildman–Crippen MR) is 79.1 cm³/mol. The van der Waals surface area contributed by atoms with Gasteiger partial charge in [0.2, 0.25) is 0 Å². The Morgan fingerprint density at radius 3 is 2.90 bits per heavy atom. The average Bonchev–Trinajstić information content (AvgIpc) is 2.42. The van der Waals surface area contributed by atoms with Gasteiger partial charge in [-0.15, -0.1) is 0 Å². The fraction of sp³-hybridized carbons (Fsp3) is 0.625. The number of nitrogens with zero attached hydrogens (tertiary/aromatic N) is 1. The summed E-state index contributed by atoms with van der Waals surface area (Å²) in [6.07, 6.45) is -0.252. The van der Waals surface area contributed by atoms with Crippen LogP contribution in [0.25, 0.3) is 0 Å². The summed E-state index contributed by atoms with van der Waals surface area (Å²) in [5.74, 6) is 0.843. The Kier molecular flexibility index (Phi) is 5.40. The summed E-state index contributed by atoms with van der Waals surface area (Å²) in [6, 6.07) is 8.21. The number of benzene rings is 1. The van der Waals surface area contributed by atoms with Crippen molar-refractivity contribution in [1.82, 2.24) is 4.90 Å². The first kappa shape index (κ1) is 15.3. The van der Waals surface area contributed by atoms with Gasteiger partial charge in [-0.25, -0.2) is 0 Å². The first-order chi connectivity index (χ1) is 9.56. The maximum Gasteiger partial charge on any atom is 0.122 e. The van der Waals surface area contributed by atoms with E-state index < -0.39 is 6.10 Å². The van der Waals surface area contributed by atoms with Crippen molar-refractivity contribution in [2.45, 2.75) is 39.0 Å². The highest BCUT2D eigenvalue weighted by molar-refractivity contribution is 5.31. The highest BCUT2D eigenvalue weighted by atomic mass is 16.5. The molecule has 1 saturated heterocycles. The minimum Gasteiger partial charge on any atom is -0.491 e. The Balaban J connectivity index is 1.80. The lowest BCUT2D eigenvalue weighted by atomic mass is 10.2. The molecule has 4 heteroatoms. The highest BCUT2D eigenvalue weighted by Gasteiger charge is 2.25. The molecule has 2 rings (SSSR count). The number of aliphatic hydroxyl groups is 1. The quantitative estimate of drug-likeness (QED) is 0.893. The van der Waals surface area contributed by atoms with Crippen LogP contribution in [0, 0.1) is 6.92 Å². The molecule has 1 N–H and O–H groups in total. The van der Waals surface area contributed by atoms with Crippen molar-refractivity contribution in [3.63, 3.8) is 0 Å². The van der Waals surface area contributed by atoms with Gasteiger partial charge in [-0.1, -0.05) is 18.2 Å². The zero-order valence-corrected chi connectivity index (χ0v) is 12.6. The molecular weight excluding hydrogens is 254 g/mol. The Labute approximate surface area is 121 Å². The molecule has 0 spiro atoms. The van der Waals surface area contributed by atoms with Gasteiger partial charge in [-0.05, 0) is 32.4 Å². The van der Waals surface area contributed by atoms with Crippen LogP contribution < -0.4 is 4.74 Å². The molecular formula is C16H25NO3. The van der Waals surface area contributed by atoms with Gasteiger partial charge < -0.3 is 14.6 Å². The van der Waals surface area contributed by atoms with Crippen molar-refractivity contribution >= 4 is 0 Å². The fourth-order valence-corrected chi connectivity index (χ4v) is 2.45. The molecule has 1 heterocycles. The number of morpholine rings is 1. The summed E-state index contributed by atoms with van der Waals surface area (Å²) in [5.41, 5.74) is 1.09. The molecule has 1 aromatic rings. The van der Waals surface area contributed by atoms with Crippen LogP contribution in [0.15, 0.2) is 24.3 Å². The molecule has 1 aromatic carbocycles. The van der Waals surface area contributed by atoms with Crippen molar-refractivity contribution in [3.05, 3.63) is 29.8 Å². The number of β-amino-alcohol motifs (C(OH)–C–C–N with tert-alkyl or cyclic N) is 1. The van der Waals surface area contributed by atoms with Gasteiger partial charge in [-0.2, -0.15) is 0 Å². The molecule has 0 radical (unpaired) electrons. The number of hydrogen-bond acceptors (Lipinski definition) is 4. The van der Waals surface area contributed by atoms with E-state index in [1.807, 2.05) is 31.2 Å². The van der Waals surface area contributed by atoms with E-state index in [4.69, 9.17) is 9.47 Å². The second-order valence-corrected chi connectivity index (χ2v) is 5.68. The van der Waals surface area contributed by atoms with Gasteiger partial charge in [0.05, 0.1) is 12.7 Å². The van der Waals surface area contributed by atoms with Crippen molar-refractivity contribution in [3.8, 4) is 5.75 Å². The van der Waals surface area contributed by atoms with Crippen LogP contribution in [0.5, 0.6) is 5.75 Å². The van der Waals surface area contributed by atoms with Gasteiger partial charge in [0.25, 0.3) is 0 Å². The molecule has 1 fully saturated rings. The van der Waals surface area contributed by atoms with Crippen LogP contribution in [0.3, 0.4) is 0 Å². The van der Waals surface area contributed by atoms with E-state index in [9.17, 15) is 5.11 Å². The molecule has 0 bridgehead atoms. The molecule has 0 saturated carbocycles. The van der Waals surface area contributed by atoms with E-state index in [0.29, 0.717) is 19.2 Å². The normalized spacial score (nSPS) is 25.4. The van der Waals surface area contributed by atoms with Crippen LogP contribution in [-0.2, 0) is 4.74 Å². The molecule has 0 aromatic heterocycles. The van der Waals surface area contributed by atoms with Gasteiger partial charge in [0, 0.05) is 19.1 Å². The van der Waals surface area contributed by atoms with E-state index in [1.165, 1.54) is 0 Å². The maximum absolute atomic E-state index is 10.2. The van der Waals surface area contributed by atoms with Crippen molar-refractivity contribution in [2.24, 2.45) is 0 Å². The SMILES string of the molecule is Cc1ccccc1OC[C@H](O)CN1C[C@@H](C)OC[C@@H]1C. The number of rotatable bonds is 5. The van der Waals surface area contributed by atoms with E-state index in [1.54, 1.807) is 0 Å². The lowest BCUT2D eigenvalue weighted by Crippen LogP contribution is -2.50. The first-order valence-electron chi connectivity index (χ1n) is 7.28. The number of aryl methyl sites for hydroxylation is 1. The standard InChI is InChI=1S/C16H25NO3/c1-12-6-4-5-7-16(12)20-11-15(18)9-17-8-14(3)19-10-13(17)2/h4-7,13-15,18H,8-11H2,1-3H3/t13-,14+,15+/m0/s1. The third kappa shape index (κ3) is 4.20. The summed E-state index contributed by atoms with van der Waals surface area (Å²) < 4.78 is 11.3. The zero-order chi connectivity index (χ0) is 14.5. The smallest absolute Gasteiger partial charge is 0.122 e. The highest BCUT2D eigenvalue weighted by Crippen LogP contribution is 2.17. The summed E-state index contributed by atoms with van der Waals surface area (Å²) >= 11 is 0. The Morgan fingerprint density at radius 2 is 2.15 bits per heavy atom. The molecule has 0 aliphatic carbocycles. The van der Waals surface area contributed by atoms with Crippen LogP contribution in [0.1, 0.15) is 19.4 Å². The predicted octanol–water partition coefficient (Wildman–Crippen LogP) is 1.84. The van der Waals surface area contributed by atoms with Gasteiger partial charge in [0.1, 0.15) is 18.5 Å². The van der Waals surface area contributed by atoms with E-state index in [-0.39, 0.29) is 6.10 Å². The molecule has 1 aliphatic rings. The third-order valence-electron chi connectivity index (χ3n) is 3.71. The van der Waals surface area contributed by atoms with E-state index in [2.05, 4.69) is 18.7 Å². The van der Waals surface area contributed by atoms with Crippen LogP contribution in [0.4, 0.5) is 0 Å². The molecule has 3 atom stereocenters. The van der Waals surface area contributed by atoms with Gasteiger partial charge >= 0.3 is 0 Å². The summed E-state index contributed by atoms with van der Waals surface area (Å²) in [4.78, 5) is 2.26. The third-order valence-corrected chi connectivity index (χ3v) is 3.71. The minimum atomic E-state index is -0.484. The molecule has 0 unspecified atom stereocenters. The van der Waals surface area contributed by atoms with Crippen molar-refractivity contribution < 1.29 is 14.6 Å². The number of hydrogen-bond donors (Lipinski definition) is 1. The largest absolute Gasteiger partial charge is 0.491 e. The minimum absolute atomic E-state index is 0.232. The van der Waals surface area contributed by atoms with Crippen LogP contribution in [-0.4, -0.2) is 54.6 Å².